The van der Waals surface area contributed by atoms with Gasteiger partial charge in [-0.15, -0.1) is 12.4 Å². The van der Waals surface area contributed by atoms with Crippen molar-refractivity contribution < 1.29 is 16.8 Å². The molecule has 1 aliphatic heterocycles. The molecular formula is C10H23ClN2O4S2. The summed E-state index contributed by atoms with van der Waals surface area (Å²) in [5.41, 5.74) is 5.66. The fourth-order valence-corrected chi connectivity index (χ4v) is 5.17. The molecule has 0 saturated carbocycles. The lowest BCUT2D eigenvalue weighted by atomic mass is 9.81. The van der Waals surface area contributed by atoms with Crippen molar-refractivity contribution in [3.8, 4) is 0 Å². The van der Waals surface area contributed by atoms with Crippen LogP contribution in [0, 0.1) is 5.41 Å². The second-order valence-corrected chi connectivity index (χ2v) is 10.0. The van der Waals surface area contributed by atoms with E-state index < -0.39 is 19.9 Å². The monoisotopic (exact) mass is 334 g/mol. The van der Waals surface area contributed by atoms with Gasteiger partial charge in [0.05, 0.1) is 11.5 Å². The van der Waals surface area contributed by atoms with Crippen molar-refractivity contribution in [3.63, 3.8) is 0 Å². The molecule has 0 aliphatic carbocycles. The maximum Gasteiger partial charge on any atom is 0.215 e. The molecule has 1 saturated heterocycles. The van der Waals surface area contributed by atoms with Gasteiger partial charge in [-0.2, -0.15) is 0 Å². The standard InChI is InChI=1S/C10H22N2O4S2.ClH/c1-10(2)8-12(5-4-9(10)11)18(15,16)7-6-17(3,13)14;/h9H,4-8,11H2,1-3H3;1H. The Labute approximate surface area is 122 Å². The minimum absolute atomic E-state index is 0. The average Bonchev–Trinajstić information content (AvgIpc) is 2.18. The normalized spacial score (nSPS) is 24.7. The molecular weight excluding hydrogens is 312 g/mol. The van der Waals surface area contributed by atoms with E-state index in [0.717, 1.165) is 6.26 Å². The molecule has 1 atom stereocenters. The third kappa shape index (κ3) is 5.55. The van der Waals surface area contributed by atoms with Crippen LogP contribution in [0.4, 0.5) is 0 Å². The van der Waals surface area contributed by atoms with E-state index in [2.05, 4.69) is 0 Å². The van der Waals surface area contributed by atoms with Crippen molar-refractivity contribution in [1.29, 1.82) is 0 Å². The number of piperidine rings is 1. The van der Waals surface area contributed by atoms with Gasteiger partial charge in [0.2, 0.25) is 10.0 Å². The highest BCUT2D eigenvalue weighted by Gasteiger charge is 2.38. The molecule has 0 amide bonds. The van der Waals surface area contributed by atoms with E-state index in [1.54, 1.807) is 0 Å². The van der Waals surface area contributed by atoms with Gasteiger partial charge in [0.15, 0.2) is 0 Å². The van der Waals surface area contributed by atoms with Crippen molar-refractivity contribution in [3.05, 3.63) is 0 Å². The van der Waals surface area contributed by atoms with Gasteiger partial charge in [0.25, 0.3) is 0 Å². The molecule has 1 unspecified atom stereocenters. The Morgan fingerprint density at radius 3 is 2.16 bits per heavy atom. The number of nitrogens with two attached hydrogens (primary N) is 1. The zero-order valence-electron chi connectivity index (χ0n) is 11.5. The van der Waals surface area contributed by atoms with Crippen LogP contribution in [0.3, 0.4) is 0 Å². The molecule has 0 spiro atoms. The lowest BCUT2D eigenvalue weighted by Gasteiger charge is -2.41. The second kappa shape index (κ2) is 6.26. The summed E-state index contributed by atoms with van der Waals surface area (Å²) in [6, 6.07) is -0.0288. The van der Waals surface area contributed by atoms with E-state index in [0.29, 0.717) is 19.5 Å². The van der Waals surface area contributed by atoms with E-state index >= 15 is 0 Å². The third-order valence-corrected chi connectivity index (χ3v) is 6.41. The Morgan fingerprint density at radius 2 is 1.74 bits per heavy atom. The van der Waals surface area contributed by atoms with Gasteiger partial charge in [-0.05, 0) is 11.8 Å². The van der Waals surface area contributed by atoms with Crippen molar-refractivity contribution in [2.24, 2.45) is 11.1 Å². The molecule has 6 nitrogen and oxygen atoms in total. The van der Waals surface area contributed by atoms with Crippen LogP contribution in [0.25, 0.3) is 0 Å². The number of nitrogens with zero attached hydrogens (tertiary/aromatic N) is 1. The fraction of sp³-hybridized carbons (Fsp3) is 1.00. The summed E-state index contributed by atoms with van der Waals surface area (Å²) >= 11 is 0. The number of halogens is 1. The average molecular weight is 335 g/mol. The van der Waals surface area contributed by atoms with E-state index in [-0.39, 0.29) is 35.4 Å². The van der Waals surface area contributed by atoms with Crippen molar-refractivity contribution in [2.45, 2.75) is 26.3 Å². The second-order valence-electron chi connectivity index (χ2n) is 5.66. The Hall–Kier alpha value is 0.110. The fourth-order valence-electron chi connectivity index (χ4n) is 1.95. The molecule has 116 valence electrons. The highest BCUT2D eigenvalue weighted by molar-refractivity contribution is 7.93. The molecule has 0 radical (unpaired) electrons. The quantitative estimate of drug-likeness (QED) is 0.770. The van der Waals surface area contributed by atoms with Crippen LogP contribution in [0.1, 0.15) is 20.3 Å². The molecule has 0 bridgehead atoms. The summed E-state index contributed by atoms with van der Waals surface area (Å²) in [6.45, 7) is 4.57. The first-order valence-electron chi connectivity index (χ1n) is 5.85. The first-order chi connectivity index (χ1) is 7.94. The molecule has 1 rings (SSSR count). The molecule has 0 aromatic carbocycles. The first kappa shape index (κ1) is 19.1. The molecule has 9 heteroatoms. The maximum atomic E-state index is 12.0. The number of sulfonamides is 1. The number of rotatable bonds is 4. The summed E-state index contributed by atoms with van der Waals surface area (Å²) in [5, 5.41) is 0. The first-order valence-corrected chi connectivity index (χ1v) is 9.52. The molecule has 1 aliphatic rings. The van der Waals surface area contributed by atoms with Crippen molar-refractivity contribution >= 4 is 32.3 Å². The van der Waals surface area contributed by atoms with Crippen LogP contribution in [0.5, 0.6) is 0 Å². The Bertz CT molecular complexity index is 502. The summed E-state index contributed by atoms with van der Waals surface area (Å²) in [7, 11) is -6.78. The van der Waals surface area contributed by atoms with Gasteiger partial charge in [-0.1, -0.05) is 13.8 Å². The predicted molar refractivity (Wildman–Crippen MR) is 78.7 cm³/mol. The van der Waals surface area contributed by atoms with Gasteiger partial charge < -0.3 is 5.73 Å². The molecule has 19 heavy (non-hydrogen) atoms. The van der Waals surface area contributed by atoms with E-state index in [1.807, 2.05) is 13.8 Å². The van der Waals surface area contributed by atoms with Crippen LogP contribution in [0.2, 0.25) is 0 Å². The minimum Gasteiger partial charge on any atom is -0.327 e. The zero-order chi connectivity index (χ0) is 14.2. The third-order valence-electron chi connectivity index (χ3n) is 3.38. The van der Waals surface area contributed by atoms with Crippen LogP contribution in [0.15, 0.2) is 0 Å². The van der Waals surface area contributed by atoms with Crippen LogP contribution < -0.4 is 5.73 Å². The lowest BCUT2D eigenvalue weighted by Crippen LogP contribution is -2.54. The highest BCUT2D eigenvalue weighted by atomic mass is 35.5. The Morgan fingerprint density at radius 1 is 1.21 bits per heavy atom. The number of sulfone groups is 1. The SMILES string of the molecule is CC1(C)CN(S(=O)(=O)CCS(C)(=O)=O)CCC1N.Cl. The van der Waals surface area contributed by atoms with Gasteiger partial charge in [-0.3, -0.25) is 0 Å². The summed E-state index contributed by atoms with van der Waals surface area (Å²) in [5.74, 6) is -0.685. The van der Waals surface area contributed by atoms with Crippen molar-refractivity contribution in [2.75, 3.05) is 30.9 Å². The smallest absolute Gasteiger partial charge is 0.215 e. The molecule has 0 aromatic heterocycles. The summed E-state index contributed by atoms with van der Waals surface area (Å²) < 4.78 is 47.5. The Balaban J connectivity index is 0.00000324. The van der Waals surface area contributed by atoms with Gasteiger partial charge >= 0.3 is 0 Å². The molecule has 1 fully saturated rings. The van der Waals surface area contributed by atoms with Crippen LogP contribution in [-0.4, -0.2) is 58.0 Å². The maximum absolute atomic E-state index is 12.0. The van der Waals surface area contributed by atoms with Crippen LogP contribution >= 0.6 is 12.4 Å². The molecule has 1 heterocycles. The molecule has 2 N–H and O–H groups in total. The van der Waals surface area contributed by atoms with E-state index in [4.69, 9.17) is 5.73 Å². The largest absolute Gasteiger partial charge is 0.327 e. The van der Waals surface area contributed by atoms with E-state index in [9.17, 15) is 16.8 Å². The van der Waals surface area contributed by atoms with Crippen molar-refractivity contribution in [1.82, 2.24) is 4.31 Å². The number of hydrogen-bond acceptors (Lipinski definition) is 5. The predicted octanol–water partition coefficient (Wildman–Crippen LogP) is -0.158. The minimum atomic E-state index is -3.51. The number of hydrogen-bond donors (Lipinski definition) is 1. The van der Waals surface area contributed by atoms with Crippen LogP contribution in [-0.2, 0) is 19.9 Å². The lowest BCUT2D eigenvalue weighted by molar-refractivity contribution is 0.156. The highest BCUT2D eigenvalue weighted by Crippen LogP contribution is 2.29. The van der Waals surface area contributed by atoms with E-state index in [1.165, 1.54) is 4.31 Å². The van der Waals surface area contributed by atoms with Gasteiger partial charge in [-0.25, -0.2) is 21.1 Å². The zero-order valence-corrected chi connectivity index (χ0v) is 13.9. The van der Waals surface area contributed by atoms with Gasteiger partial charge in [0, 0.05) is 25.4 Å². The molecule has 0 aromatic rings. The topological polar surface area (TPSA) is 97.5 Å². The Kier molecular flexibility index (Phi) is 6.29. The summed E-state index contributed by atoms with van der Waals surface area (Å²) in [4.78, 5) is 0. The summed E-state index contributed by atoms with van der Waals surface area (Å²) in [6.07, 6.45) is 1.64. The van der Waals surface area contributed by atoms with Gasteiger partial charge in [0.1, 0.15) is 9.84 Å².